The van der Waals surface area contributed by atoms with Gasteiger partial charge in [-0.05, 0) is 39.3 Å². The van der Waals surface area contributed by atoms with Crippen LogP contribution in [0.2, 0.25) is 0 Å². The van der Waals surface area contributed by atoms with E-state index in [4.69, 9.17) is 5.11 Å². The van der Waals surface area contributed by atoms with Crippen molar-refractivity contribution in [1.29, 1.82) is 0 Å². The fourth-order valence-corrected chi connectivity index (χ4v) is 3.11. The van der Waals surface area contributed by atoms with Gasteiger partial charge in [-0.3, -0.25) is 4.21 Å². The first-order valence-corrected chi connectivity index (χ1v) is 7.06. The number of aromatic carboxylic acids is 1. The minimum absolute atomic E-state index is 0.266. The molecule has 1 atom stereocenters. The number of carboxylic acid groups (broad SMARTS) is 1. The van der Waals surface area contributed by atoms with Gasteiger partial charge in [-0.15, -0.1) is 11.3 Å². The summed E-state index contributed by atoms with van der Waals surface area (Å²) in [4.78, 5) is 12.0. The first-order chi connectivity index (χ1) is 7.21. The maximum Gasteiger partial charge on any atom is 0.345 e. The Bertz CT molecular complexity index is 427. The van der Waals surface area contributed by atoms with E-state index < -0.39 is 16.8 Å². The molecule has 90 valence electrons. The second-order valence-electron chi connectivity index (χ2n) is 4.60. The molecule has 1 unspecified atom stereocenters. The monoisotopic (exact) mass is 260 g/mol. The van der Waals surface area contributed by atoms with Crippen LogP contribution in [-0.2, 0) is 16.6 Å². The van der Waals surface area contributed by atoms with Gasteiger partial charge >= 0.3 is 5.97 Å². The molecule has 5 heteroatoms. The normalized spacial score (nSPS) is 13.8. The van der Waals surface area contributed by atoms with E-state index in [2.05, 4.69) is 0 Å². The lowest BCUT2D eigenvalue weighted by atomic mass is 10.2. The van der Waals surface area contributed by atoms with Gasteiger partial charge in [0.05, 0.1) is 5.75 Å². The molecular formula is C11H16O3S2. The predicted molar refractivity (Wildman–Crippen MR) is 67.6 cm³/mol. The van der Waals surface area contributed by atoms with Crippen molar-refractivity contribution in [2.24, 2.45) is 0 Å². The van der Waals surface area contributed by atoms with Crippen LogP contribution in [0, 0.1) is 6.92 Å². The zero-order valence-corrected chi connectivity index (χ0v) is 11.5. The Morgan fingerprint density at radius 3 is 2.44 bits per heavy atom. The zero-order chi connectivity index (χ0) is 12.5. The highest BCUT2D eigenvalue weighted by Crippen LogP contribution is 2.25. The van der Waals surface area contributed by atoms with Gasteiger partial charge in [0.15, 0.2) is 0 Å². The van der Waals surface area contributed by atoms with Crippen LogP contribution in [0.25, 0.3) is 0 Å². The third-order valence-electron chi connectivity index (χ3n) is 2.20. The van der Waals surface area contributed by atoms with E-state index in [1.165, 1.54) is 11.3 Å². The smallest absolute Gasteiger partial charge is 0.345 e. The van der Waals surface area contributed by atoms with E-state index in [0.717, 1.165) is 10.4 Å². The van der Waals surface area contributed by atoms with Gasteiger partial charge in [0.2, 0.25) is 0 Å². The summed E-state index contributed by atoms with van der Waals surface area (Å²) in [5, 5.41) is 8.85. The van der Waals surface area contributed by atoms with E-state index in [1.807, 2.05) is 27.7 Å². The fourth-order valence-electron chi connectivity index (χ4n) is 1.13. The van der Waals surface area contributed by atoms with Gasteiger partial charge < -0.3 is 5.11 Å². The molecule has 0 aliphatic heterocycles. The molecule has 1 aromatic rings. The first kappa shape index (κ1) is 13.4. The Labute approximate surface area is 102 Å². The number of carbonyl (C=O) groups is 1. The zero-order valence-electron chi connectivity index (χ0n) is 9.86. The second-order valence-corrected chi connectivity index (χ2v) is 8.06. The van der Waals surface area contributed by atoms with Crippen LogP contribution in [0.1, 0.15) is 40.9 Å². The largest absolute Gasteiger partial charge is 0.477 e. The molecule has 0 spiro atoms. The van der Waals surface area contributed by atoms with Crippen LogP contribution in [0.3, 0.4) is 0 Å². The molecule has 0 aliphatic rings. The van der Waals surface area contributed by atoms with Crippen molar-refractivity contribution in [2.45, 2.75) is 38.2 Å². The highest BCUT2D eigenvalue weighted by Gasteiger charge is 2.21. The first-order valence-electron chi connectivity index (χ1n) is 4.93. The summed E-state index contributed by atoms with van der Waals surface area (Å²) in [5.74, 6) is -0.486. The molecule has 0 aliphatic carbocycles. The molecule has 0 radical (unpaired) electrons. The Balaban J connectivity index is 2.90. The topological polar surface area (TPSA) is 54.4 Å². The van der Waals surface area contributed by atoms with Gasteiger partial charge in [0, 0.05) is 20.4 Å². The van der Waals surface area contributed by atoms with Gasteiger partial charge in [-0.2, -0.15) is 0 Å². The number of aryl methyl sites for hydroxylation is 1. The van der Waals surface area contributed by atoms with Crippen molar-refractivity contribution in [3.8, 4) is 0 Å². The Morgan fingerprint density at radius 2 is 2.06 bits per heavy atom. The molecule has 3 nitrogen and oxygen atoms in total. The molecule has 1 rings (SSSR count). The number of rotatable bonds is 3. The molecule has 0 amide bonds. The van der Waals surface area contributed by atoms with Crippen molar-refractivity contribution in [2.75, 3.05) is 0 Å². The Hall–Kier alpha value is -0.680. The van der Waals surface area contributed by atoms with Crippen LogP contribution >= 0.6 is 11.3 Å². The summed E-state index contributed by atoms with van der Waals surface area (Å²) in [7, 11) is -0.985. The average Bonchev–Trinajstić information content (AvgIpc) is 2.46. The quantitative estimate of drug-likeness (QED) is 0.909. The maximum absolute atomic E-state index is 11.9. The molecule has 1 aromatic heterocycles. The number of carboxylic acids is 1. The van der Waals surface area contributed by atoms with Crippen molar-refractivity contribution in [3.63, 3.8) is 0 Å². The van der Waals surface area contributed by atoms with E-state index >= 15 is 0 Å². The summed E-state index contributed by atoms with van der Waals surface area (Å²) in [6.45, 7) is 7.63. The third kappa shape index (κ3) is 3.15. The minimum atomic E-state index is -0.985. The minimum Gasteiger partial charge on any atom is -0.477 e. The summed E-state index contributed by atoms with van der Waals surface area (Å²) in [6, 6.07) is 1.63. The fraction of sp³-hybridized carbons (Fsp3) is 0.545. The highest BCUT2D eigenvalue weighted by molar-refractivity contribution is 7.85. The molecule has 0 bridgehead atoms. The van der Waals surface area contributed by atoms with Crippen molar-refractivity contribution >= 4 is 28.1 Å². The summed E-state index contributed by atoms with van der Waals surface area (Å²) < 4.78 is 11.7. The lowest BCUT2D eigenvalue weighted by molar-refractivity contribution is 0.0702. The van der Waals surface area contributed by atoms with Crippen molar-refractivity contribution < 1.29 is 14.1 Å². The molecule has 16 heavy (non-hydrogen) atoms. The Kier molecular flexibility index (Phi) is 3.91. The summed E-state index contributed by atoms with van der Waals surface area (Å²) in [6.07, 6.45) is 0. The van der Waals surface area contributed by atoms with Crippen molar-refractivity contribution in [3.05, 3.63) is 21.4 Å². The van der Waals surface area contributed by atoms with Crippen LogP contribution in [0.15, 0.2) is 6.07 Å². The molecule has 0 fully saturated rings. The SMILES string of the molecule is Cc1sc(C(=O)O)cc1CS(=O)C(C)(C)C. The molecule has 0 aromatic carbocycles. The van der Waals surface area contributed by atoms with Gasteiger partial charge in [-0.1, -0.05) is 0 Å². The van der Waals surface area contributed by atoms with E-state index in [9.17, 15) is 9.00 Å². The van der Waals surface area contributed by atoms with Gasteiger partial charge in [0.1, 0.15) is 4.88 Å². The van der Waals surface area contributed by atoms with E-state index in [-0.39, 0.29) is 4.75 Å². The lowest BCUT2D eigenvalue weighted by Crippen LogP contribution is -2.22. The summed E-state index contributed by atoms with van der Waals surface area (Å²) >= 11 is 1.24. The van der Waals surface area contributed by atoms with Gasteiger partial charge in [-0.25, -0.2) is 4.79 Å². The van der Waals surface area contributed by atoms with Crippen LogP contribution in [-0.4, -0.2) is 20.0 Å². The third-order valence-corrected chi connectivity index (χ3v) is 5.22. The van der Waals surface area contributed by atoms with E-state index in [0.29, 0.717) is 10.6 Å². The van der Waals surface area contributed by atoms with Crippen LogP contribution in [0.4, 0.5) is 0 Å². The summed E-state index contributed by atoms with van der Waals surface area (Å²) in [5.41, 5.74) is 0.885. The van der Waals surface area contributed by atoms with E-state index in [1.54, 1.807) is 6.07 Å². The maximum atomic E-state index is 11.9. The van der Waals surface area contributed by atoms with Crippen LogP contribution < -0.4 is 0 Å². The van der Waals surface area contributed by atoms with Crippen LogP contribution in [0.5, 0.6) is 0 Å². The van der Waals surface area contributed by atoms with Gasteiger partial charge in [0.25, 0.3) is 0 Å². The number of hydrogen-bond acceptors (Lipinski definition) is 3. The van der Waals surface area contributed by atoms with Crippen molar-refractivity contribution in [1.82, 2.24) is 0 Å². The number of thiophene rings is 1. The molecule has 1 N–H and O–H groups in total. The molecule has 1 heterocycles. The molecule has 0 saturated carbocycles. The second kappa shape index (κ2) is 4.67. The Morgan fingerprint density at radius 1 is 1.50 bits per heavy atom. The highest BCUT2D eigenvalue weighted by atomic mass is 32.2. The standard InChI is InChI=1S/C11H16O3S2/c1-7-8(5-9(15-7)10(12)13)6-16(14)11(2,3)4/h5H,6H2,1-4H3,(H,12,13). The average molecular weight is 260 g/mol. The predicted octanol–water partition coefficient (Wildman–Crippen LogP) is 2.80. The molecule has 0 saturated heterocycles. The number of hydrogen-bond donors (Lipinski definition) is 1. The lowest BCUT2D eigenvalue weighted by Gasteiger charge is -2.17. The molecular weight excluding hydrogens is 244 g/mol.